The molecule has 1 aromatic carbocycles. The molecule has 0 atom stereocenters. The third-order valence-corrected chi connectivity index (χ3v) is 4.17. The Kier molecular flexibility index (Phi) is 4.28. The third-order valence-electron chi connectivity index (χ3n) is 2.20. The molecule has 0 aliphatic rings. The second-order valence-electron chi connectivity index (χ2n) is 3.29. The summed E-state index contributed by atoms with van der Waals surface area (Å²) in [5.74, 6) is 0. The molecule has 0 saturated heterocycles. The minimum Gasteiger partial charge on any atom is -0.399 e. The topological polar surface area (TPSA) is 83.6 Å². The number of hydrogen-bond donors (Lipinski definition) is 2. The molecular weight excluding hydrogens is 228 g/mol. The van der Waals surface area contributed by atoms with Crippen LogP contribution in [0.3, 0.4) is 0 Å². The molecule has 0 aromatic heterocycles. The van der Waals surface area contributed by atoms with E-state index in [1.807, 2.05) is 0 Å². The van der Waals surface area contributed by atoms with Crippen molar-refractivity contribution in [3.05, 3.63) is 24.3 Å². The number of nitrogens with zero attached hydrogens (tertiary/aromatic N) is 1. The SMILES string of the molecule is CCN(CCO)S(=O)(=O)c1cccc(N)c1. The lowest BCUT2D eigenvalue weighted by molar-refractivity contribution is 0.257. The van der Waals surface area contributed by atoms with E-state index in [1.54, 1.807) is 19.1 Å². The quantitative estimate of drug-likeness (QED) is 0.728. The normalized spacial score (nSPS) is 11.9. The van der Waals surface area contributed by atoms with Gasteiger partial charge in [-0.25, -0.2) is 8.42 Å². The van der Waals surface area contributed by atoms with Crippen molar-refractivity contribution in [3.63, 3.8) is 0 Å². The molecule has 16 heavy (non-hydrogen) atoms. The van der Waals surface area contributed by atoms with Gasteiger partial charge in [0.25, 0.3) is 0 Å². The summed E-state index contributed by atoms with van der Waals surface area (Å²) in [6.07, 6.45) is 0. The van der Waals surface area contributed by atoms with E-state index >= 15 is 0 Å². The van der Waals surface area contributed by atoms with Gasteiger partial charge in [0.15, 0.2) is 0 Å². The number of anilines is 1. The second kappa shape index (κ2) is 5.29. The number of nitrogen functional groups attached to an aromatic ring is 1. The van der Waals surface area contributed by atoms with Gasteiger partial charge < -0.3 is 10.8 Å². The van der Waals surface area contributed by atoms with Crippen LogP contribution in [0.5, 0.6) is 0 Å². The highest BCUT2D eigenvalue weighted by Crippen LogP contribution is 2.17. The predicted molar refractivity (Wildman–Crippen MR) is 62.4 cm³/mol. The Bertz CT molecular complexity index is 445. The molecule has 1 rings (SSSR count). The Morgan fingerprint density at radius 2 is 2.12 bits per heavy atom. The number of rotatable bonds is 5. The zero-order valence-electron chi connectivity index (χ0n) is 9.13. The second-order valence-corrected chi connectivity index (χ2v) is 5.23. The molecule has 0 unspecified atom stereocenters. The summed E-state index contributed by atoms with van der Waals surface area (Å²) in [4.78, 5) is 0.155. The Morgan fingerprint density at radius 3 is 2.62 bits per heavy atom. The largest absolute Gasteiger partial charge is 0.399 e. The monoisotopic (exact) mass is 244 g/mol. The van der Waals surface area contributed by atoms with Crippen LogP contribution in [0.2, 0.25) is 0 Å². The van der Waals surface area contributed by atoms with Crippen LogP contribution in [0.15, 0.2) is 29.2 Å². The summed E-state index contributed by atoms with van der Waals surface area (Å²) >= 11 is 0. The summed E-state index contributed by atoms with van der Waals surface area (Å²) in [6.45, 7) is 1.93. The number of nitrogens with two attached hydrogens (primary N) is 1. The Labute approximate surface area is 95.5 Å². The Hall–Kier alpha value is -1.11. The number of aliphatic hydroxyl groups excluding tert-OH is 1. The first-order valence-corrected chi connectivity index (χ1v) is 6.43. The zero-order valence-corrected chi connectivity index (χ0v) is 9.94. The van der Waals surface area contributed by atoms with Gasteiger partial charge in [-0.1, -0.05) is 13.0 Å². The van der Waals surface area contributed by atoms with Gasteiger partial charge in [-0.15, -0.1) is 0 Å². The van der Waals surface area contributed by atoms with Crippen molar-refractivity contribution in [2.24, 2.45) is 0 Å². The van der Waals surface area contributed by atoms with Gasteiger partial charge in [0.1, 0.15) is 0 Å². The number of benzene rings is 1. The number of likely N-dealkylation sites (N-methyl/N-ethyl adjacent to an activating group) is 1. The average molecular weight is 244 g/mol. The summed E-state index contributed by atoms with van der Waals surface area (Å²) in [5, 5.41) is 8.80. The summed E-state index contributed by atoms with van der Waals surface area (Å²) in [7, 11) is -3.54. The van der Waals surface area contributed by atoms with Gasteiger partial charge in [-0.05, 0) is 18.2 Å². The van der Waals surface area contributed by atoms with E-state index in [2.05, 4.69) is 0 Å². The molecule has 0 spiro atoms. The van der Waals surface area contributed by atoms with Crippen LogP contribution in [-0.2, 0) is 10.0 Å². The molecule has 1 aromatic rings. The van der Waals surface area contributed by atoms with Crippen LogP contribution in [-0.4, -0.2) is 37.5 Å². The van der Waals surface area contributed by atoms with Gasteiger partial charge >= 0.3 is 0 Å². The maximum absolute atomic E-state index is 12.1. The van der Waals surface area contributed by atoms with E-state index in [-0.39, 0.29) is 18.0 Å². The highest BCUT2D eigenvalue weighted by Gasteiger charge is 2.22. The van der Waals surface area contributed by atoms with Crippen LogP contribution in [0.4, 0.5) is 5.69 Å². The number of hydrogen-bond acceptors (Lipinski definition) is 4. The summed E-state index contributed by atoms with van der Waals surface area (Å²) < 4.78 is 25.3. The van der Waals surface area contributed by atoms with Crippen LogP contribution >= 0.6 is 0 Å². The van der Waals surface area contributed by atoms with E-state index in [0.29, 0.717) is 12.2 Å². The van der Waals surface area contributed by atoms with Crippen molar-refractivity contribution in [2.45, 2.75) is 11.8 Å². The molecule has 0 radical (unpaired) electrons. The molecule has 0 fully saturated rings. The fourth-order valence-corrected chi connectivity index (χ4v) is 2.88. The molecule has 6 heteroatoms. The first kappa shape index (κ1) is 13.0. The van der Waals surface area contributed by atoms with Crippen molar-refractivity contribution in [2.75, 3.05) is 25.4 Å². The lowest BCUT2D eigenvalue weighted by Crippen LogP contribution is -2.33. The number of sulfonamides is 1. The maximum Gasteiger partial charge on any atom is 0.243 e. The molecule has 5 nitrogen and oxygen atoms in total. The fourth-order valence-electron chi connectivity index (χ4n) is 1.38. The zero-order chi connectivity index (χ0) is 12.2. The molecule has 0 amide bonds. The first-order chi connectivity index (χ1) is 7.52. The van der Waals surface area contributed by atoms with E-state index < -0.39 is 10.0 Å². The molecule has 0 heterocycles. The van der Waals surface area contributed by atoms with Crippen molar-refractivity contribution in [3.8, 4) is 0 Å². The van der Waals surface area contributed by atoms with Crippen LogP contribution in [0.1, 0.15) is 6.92 Å². The lowest BCUT2D eigenvalue weighted by atomic mass is 10.3. The van der Waals surface area contributed by atoms with Crippen LogP contribution in [0, 0.1) is 0 Å². The van der Waals surface area contributed by atoms with E-state index in [0.717, 1.165) is 0 Å². The lowest BCUT2D eigenvalue weighted by Gasteiger charge is -2.19. The van der Waals surface area contributed by atoms with Gasteiger partial charge in [0.05, 0.1) is 11.5 Å². The summed E-state index contributed by atoms with van der Waals surface area (Å²) in [6, 6.07) is 6.12. The average Bonchev–Trinajstić information content (AvgIpc) is 2.25. The maximum atomic E-state index is 12.1. The summed E-state index contributed by atoms with van der Waals surface area (Å²) in [5.41, 5.74) is 5.94. The molecule has 90 valence electrons. The highest BCUT2D eigenvalue weighted by atomic mass is 32.2. The van der Waals surface area contributed by atoms with Crippen molar-refractivity contribution < 1.29 is 13.5 Å². The predicted octanol–water partition coefficient (Wildman–Crippen LogP) is 0.272. The third kappa shape index (κ3) is 2.72. The van der Waals surface area contributed by atoms with Crippen molar-refractivity contribution in [1.29, 1.82) is 0 Å². The molecule has 3 N–H and O–H groups in total. The molecular formula is C10H16N2O3S. The first-order valence-electron chi connectivity index (χ1n) is 4.99. The van der Waals surface area contributed by atoms with Crippen LogP contribution < -0.4 is 5.73 Å². The molecule has 0 bridgehead atoms. The minimum absolute atomic E-state index is 0.0909. The van der Waals surface area contributed by atoms with E-state index in [4.69, 9.17) is 10.8 Å². The van der Waals surface area contributed by atoms with E-state index in [1.165, 1.54) is 16.4 Å². The van der Waals surface area contributed by atoms with Gasteiger partial charge in [0.2, 0.25) is 10.0 Å². The standard InChI is InChI=1S/C10H16N2O3S/c1-2-12(6-7-13)16(14,15)10-5-3-4-9(11)8-10/h3-5,8,13H,2,6-7,11H2,1H3. The van der Waals surface area contributed by atoms with Gasteiger partial charge in [0, 0.05) is 18.8 Å². The van der Waals surface area contributed by atoms with Gasteiger partial charge in [-0.3, -0.25) is 0 Å². The van der Waals surface area contributed by atoms with Crippen molar-refractivity contribution >= 4 is 15.7 Å². The Balaban J connectivity index is 3.09. The molecule has 0 saturated carbocycles. The molecule has 0 aliphatic heterocycles. The van der Waals surface area contributed by atoms with Crippen molar-refractivity contribution in [1.82, 2.24) is 4.31 Å². The van der Waals surface area contributed by atoms with E-state index in [9.17, 15) is 8.42 Å². The number of aliphatic hydroxyl groups is 1. The smallest absolute Gasteiger partial charge is 0.243 e. The minimum atomic E-state index is -3.54. The fraction of sp³-hybridized carbons (Fsp3) is 0.400. The molecule has 0 aliphatic carbocycles. The Morgan fingerprint density at radius 1 is 1.44 bits per heavy atom. The van der Waals surface area contributed by atoms with Crippen LogP contribution in [0.25, 0.3) is 0 Å². The van der Waals surface area contributed by atoms with Gasteiger partial charge in [-0.2, -0.15) is 4.31 Å². The highest BCUT2D eigenvalue weighted by molar-refractivity contribution is 7.89.